The van der Waals surface area contributed by atoms with Crippen LogP contribution in [0.15, 0.2) is 54.6 Å². The van der Waals surface area contributed by atoms with Crippen molar-refractivity contribution in [2.75, 3.05) is 4.90 Å². The van der Waals surface area contributed by atoms with Crippen molar-refractivity contribution in [1.29, 1.82) is 0 Å². The molecule has 5 heteroatoms. The number of nitrogens with zero attached hydrogens (tertiary/aromatic N) is 1. The highest BCUT2D eigenvalue weighted by Crippen LogP contribution is 2.51. The Bertz CT molecular complexity index is 1270. The van der Waals surface area contributed by atoms with Crippen LogP contribution in [0.5, 0.6) is 5.75 Å². The van der Waals surface area contributed by atoms with E-state index < -0.39 is 16.8 Å². The van der Waals surface area contributed by atoms with Crippen LogP contribution in [0.25, 0.3) is 0 Å². The van der Waals surface area contributed by atoms with E-state index in [1.807, 2.05) is 70.2 Å². The van der Waals surface area contributed by atoms with Gasteiger partial charge < -0.3 is 4.74 Å². The molecule has 164 valence electrons. The van der Waals surface area contributed by atoms with Gasteiger partial charge in [-0.2, -0.15) is 0 Å². The number of carbonyl (C=O) groups excluding carboxylic acids is 1. The average Bonchev–Trinajstić information content (AvgIpc) is 2.96. The van der Waals surface area contributed by atoms with Gasteiger partial charge in [0.15, 0.2) is 11.6 Å². The van der Waals surface area contributed by atoms with Gasteiger partial charge in [0.1, 0.15) is 5.60 Å². The summed E-state index contributed by atoms with van der Waals surface area (Å²) in [5, 5.41) is 0.539. The average molecular weight is 450 g/mol. The largest absolute Gasteiger partial charge is 0.484 e. The lowest BCUT2D eigenvalue weighted by Gasteiger charge is -2.34. The summed E-state index contributed by atoms with van der Waals surface area (Å²) in [5.74, 6) is -0.269. The maximum Gasteiger partial charge on any atom is 0.246 e. The molecule has 1 unspecified atom stereocenters. The molecule has 0 fully saturated rings. The second-order valence-electron chi connectivity index (χ2n) is 9.57. The summed E-state index contributed by atoms with van der Waals surface area (Å²) < 4.78 is 21.2. The summed E-state index contributed by atoms with van der Waals surface area (Å²) in [6.45, 7) is 7.77. The molecule has 5 rings (SSSR count). The van der Waals surface area contributed by atoms with Gasteiger partial charge >= 0.3 is 0 Å². The standard InChI is InChI=1S/C27H25ClFNO2/c1-16-6-5-7-20(12-16)30-23-9-8-19(28)15-21(23)27(4,25(30)31)18-13-17-10-11-26(2,3)32-24(17)22(29)14-18/h5-9,12-15H,10-11H2,1-4H3. The molecular formula is C27H25ClFNO2. The smallest absolute Gasteiger partial charge is 0.246 e. The topological polar surface area (TPSA) is 29.5 Å². The van der Waals surface area contributed by atoms with E-state index >= 15 is 4.39 Å². The van der Waals surface area contributed by atoms with Gasteiger partial charge in [-0.15, -0.1) is 0 Å². The molecule has 0 saturated heterocycles. The molecule has 2 aliphatic rings. The first-order chi connectivity index (χ1) is 15.1. The van der Waals surface area contributed by atoms with Crippen LogP contribution in [0.1, 0.15) is 49.4 Å². The molecule has 1 atom stereocenters. The Morgan fingerprint density at radius 3 is 2.59 bits per heavy atom. The Labute approximate surface area is 192 Å². The van der Waals surface area contributed by atoms with Crippen LogP contribution in [-0.4, -0.2) is 11.5 Å². The van der Waals surface area contributed by atoms with Crippen molar-refractivity contribution in [3.05, 3.63) is 87.7 Å². The number of carbonyl (C=O) groups is 1. The van der Waals surface area contributed by atoms with Crippen molar-refractivity contribution in [2.24, 2.45) is 0 Å². The number of benzene rings is 3. The zero-order valence-electron chi connectivity index (χ0n) is 18.6. The summed E-state index contributed by atoms with van der Waals surface area (Å²) in [6, 6.07) is 16.7. The van der Waals surface area contributed by atoms with Crippen molar-refractivity contribution in [3.63, 3.8) is 0 Å². The molecule has 32 heavy (non-hydrogen) atoms. The van der Waals surface area contributed by atoms with Gasteiger partial charge in [-0.05, 0) is 99.2 Å². The lowest BCUT2D eigenvalue weighted by molar-refractivity contribution is -0.120. The summed E-state index contributed by atoms with van der Waals surface area (Å²) in [5.41, 5.74) is 3.30. The van der Waals surface area contributed by atoms with Crippen LogP contribution < -0.4 is 9.64 Å². The minimum Gasteiger partial charge on any atom is -0.484 e. The summed E-state index contributed by atoms with van der Waals surface area (Å²) >= 11 is 6.36. The highest BCUT2D eigenvalue weighted by Gasteiger charge is 2.50. The molecule has 0 N–H and O–H groups in total. The van der Waals surface area contributed by atoms with Crippen LogP contribution in [0.3, 0.4) is 0 Å². The Balaban J connectivity index is 1.70. The fourth-order valence-corrected chi connectivity index (χ4v) is 5.03. The Morgan fingerprint density at radius 2 is 1.84 bits per heavy atom. The van der Waals surface area contributed by atoms with Gasteiger partial charge in [-0.1, -0.05) is 29.8 Å². The molecule has 0 bridgehead atoms. The summed E-state index contributed by atoms with van der Waals surface area (Å²) in [7, 11) is 0. The SMILES string of the molecule is Cc1cccc(N2C(=O)C(C)(c3cc(F)c4c(c3)CCC(C)(C)O4)c3cc(Cl)ccc32)c1. The van der Waals surface area contributed by atoms with Crippen LogP contribution in [0, 0.1) is 12.7 Å². The van der Waals surface area contributed by atoms with Gasteiger partial charge in [0.25, 0.3) is 0 Å². The Hall–Kier alpha value is -2.85. The molecule has 3 nitrogen and oxygen atoms in total. The van der Waals surface area contributed by atoms with E-state index in [1.165, 1.54) is 6.07 Å². The maximum absolute atomic E-state index is 15.3. The van der Waals surface area contributed by atoms with Crippen LogP contribution in [-0.2, 0) is 16.6 Å². The number of anilines is 2. The third kappa shape index (κ3) is 3.12. The number of ether oxygens (including phenoxy) is 1. The Morgan fingerprint density at radius 1 is 1.06 bits per heavy atom. The number of hydrogen-bond acceptors (Lipinski definition) is 2. The monoisotopic (exact) mass is 449 g/mol. The first-order valence-corrected chi connectivity index (χ1v) is 11.2. The molecule has 0 radical (unpaired) electrons. The summed E-state index contributed by atoms with van der Waals surface area (Å²) in [6.07, 6.45) is 1.48. The molecule has 0 saturated carbocycles. The second-order valence-corrected chi connectivity index (χ2v) is 10.0. The third-order valence-electron chi connectivity index (χ3n) is 6.70. The predicted octanol–water partition coefficient (Wildman–Crippen LogP) is 6.88. The van der Waals surface area contributed by atoms with Crippen molar-refractivity contribution < 1.29 is 13.9 Å². The number of aryl methyl sites for hydroxylation is 2. The zero-order chi connectivity index (χ0) is 22.8. The molecule has 2 heterocycles. The molecule has 2 aliphatic heterocycles. The van der Waals surface area contributed by atoms with Gasteiger partial charge in [0.2, 0.25) is 5.91 Å². The highest BCUT2D eigenvalue weighted by atomic mass is 35.5. The van der Waals surface area contributed by atoms with E-state index in [-0.39, 0.29) is 5.91 Å². The molecule has 3 aromatic rings. The third-order valence-corrected chi connectivity index (χ3v) is 6.94. The number of amides is 1. The molecule has 0 spiro atoms. The van der Waals surface area contributed by atoms with E-state index in [0.717, 1.165) is 34.5 Å². The highest BCUT2D eigenvalue weighted by molar-refractivity contribution is 6.31. The van der Waals surface area contributed by atoms with Gasteiger partial charge in [-0.3, -0.25) is 9.69 Å². The van der Waals surface area contributed by atoms with Crippen LogP contribution in [0.4, 0.5) is 15.8 Å². The number of rotatable bonds is 2. The van der Waals surface area contributed by atoms with Gasteiger partial charge in [0, 0.05) is 10.7 Å². The van der Waals surface area contributed by atoms with Crippen molar-refractivity contribution in [1.82, 2.24) is 0 Å². The zero-order valence-corrected chi connectivity index (χ0v) is 19.4. The first-order valence-electron chi connectivity index (χ1n) is 10.8. The molecular weight excluding hydrogens is 425 g/mol. The van der Waals surface area contributed by atoms with Crippen LogP contribution in [0.2, 0.25) is 5.02 Å². The van der Waals surface area contributed by atoms with E-state index in [0.29, 0.717) is 22.8 Å². The fourth-order valence-electron chi connectivity index (χ4n) is 4.86. The lowest BCUT2D eigenvalue weighted by Crippen LogP contribution is -2.38. The van der Waals surface area contributed by atoms with Crippen LogP contribution >= 0.6 is 11.6 Å². The molecule has 1 amide bonds. The van der Waals surface area contributed by atoms with Gasteiger partial charge in [-0.25, -0.2) is 4.39 Å². The first kappa shape index (κ1) is 21.0. The minimum atomic E-state index is -1.08. The second kappa shape index (κ2) is 7.08. The van der Waals surface area contributed by atoms with E-state index in [9.17, 15) is 4.79 Å². The lowest BCUT2D eigenvalue weighted by atomic mass is 9.76. The van der Waals surface area contributed by atoms with Gasteiger partial charge in [0.05, 0.1) is 11.1 Å². The van der Waals surface area contributed by atoms with E-state index in [2.05, 4.69) is 0 Å². The number of halogens is 2. The number of hydrogen-bond donors (Lipinski definition) is 0. The predicted molar refractivity (Wildman–Crippen MR) is 126 cm³/mol. The number of fused-ring (bicyclic) bond motifs is 2. The molecule has 3 aromatic carbocycles. The Kier molecular flexibility index (Phi) is 4.65. The van der Waals surface area contributed by atoms with Crippen molar-refractivity contribution >= 4 is 28.9 Å². The normalized spacial score (nSPS) is 21.2. The molecule has 0 aromatic heterocycles. The maximum atomic E-state index is 15.3. The van der Waals surface area contributed by atoms with E-state index in [1.54, 1.807) is 11.0 Å². The summed E-state index contributed by atoms with van der Waals surface area (Å²) in [4.78, 5) is 15.7. The fraction of sp³-hybridized carbons (Fsp3) is 0.296. The van der Waals surface area contributed by atoms with Crippen molar-refractivity contribution in [2.45, 2.75) is 51.6 Å². The quantitative estimate of drug-likeness (QED) is 0.427. The molecule has 0 aliphatic carbocycles. The van der Waals surface area contributed by atoms with E-state index in [4.69, 9.17) is 16.3 Å². The van der Waals surface area contributed by atoms with Crippen molar-refractivity contribution in [3.8, 4) is 5.75 Å². The minimum absolute atomic E-state index is 0.128.